The molecule has 0 unspecified atom stereocenters. The first-order valence-corrected chi connectivity index (χ1v) is 5.90. The molecule has 66 valence electrons. The van der Waals surface area contributed by atoms with Gasteiger partial charge in [0.1, 0.15) is 0 Å². The Morgan fingerprint density at radius 2 is 2.00 bits per heavy atom. The van der Waals surface area contributed by atoms with Crippen molar-refractivity contribution in [3.8, 4) is 17.0 Å². The summed E-state index contributed by atoms with van der Waals surface area (Å²) >= 11 is 0.454. The van der Waals surface area contributed by atoms with Crippen molar-refractivity contribution in [3.63, 3.8) is 0 Å². The topological polar surface area (TPSA) is 22.1 Å². The zero-order chi connectivity index (χ0) is 9.10. The monoisotopic (exact) mass is 239 g/mol. The van der Waals surface area contributed by atoms with E-state index < -0.39 is 0 Å². The Morgan fingerprint density at radius 1 is 1.23 bits per heavy atom. The van der Waals surface area contributed by atoms with Crippen LogP contribution in [0.3, 0.4) is 0 Å². The standard InChI is InChI=1S/C10H9NOSe/c1-12-9-4-2-8(3-5-9)10-6-13-7-11-10/h2-7H,1H3. The van der Waals surface area contributed by atoms with Crippen LogP contribution in [0, 0.1) is 0 Å². The molecule has 0 bridgehead atoms. The number of methoxy groups -OCH3 is 1. The van der Waals surface area contributed by atoms with Crippen LogP contribution in [-0.4, -0.2) is 26.6 Å². The van der Waals surface area contributed by atoms with Gasteiger partial charge in [-0.25, -0.2) is 0 Å². The number of rotatable bonds is 2. The minimum absolute atomic E-state index is 0.454. The molecule has 0 aliphatic rings. The van der Waals surface area contributed by atoms with Crippen molar-refractivity contribution in [3.05, 3.63) is 34.3 Å². The van der Waals surface area contributed by atoms with Gasteiger partial charge in [-0.05, 0) is 0 Å². The fourth-order valence-corrected chi connectivity index (χ4v) is 2.29. The Hall–Kier alpha value is -1.05. The fourth-order valence-electron chi connectivity index (χ4n) is 1.12. The summed E-state index contributed by atoms with van der Waals surface area (Å²) in [5.74, 6) is 0.886. The minimum atomic E-state index is 0.454. The number of aromatic nitrogens is 1. The van der Waals surface area contributed by atoms with Crippen molar-refractivity contribution < 1.29 is 4.74 Å². The summed E-state index contributed by atoms with van der Waals surface area (Å²) in [6.07, 6.45) is 0. The molecule has 0 aliphatic heterocycles. The van der Waals surface area contributed by atoms with Gasteiger partial charge >= 0.3 is 82.6 Å². The van der Waals surface area contributed by atoms with Gasteiger partial charge in [0.05, 0.1) is 0 Å². The SMILES string of the molecule is COc1ccc(-c2c[se]cn2)cc1. The van der Waals surface area contributed by atoms with E-state index in [1.54, 1.807) is 7.11 Å². The van der Waals surface area contributed by atoms with Crippen LogP contribution in [0.4, 0.5) is 0 Å². The third-order valence-electron chi connectivity index (χ3n) is 1.82. The van der Waals surface area contributed by atoms with E-state index in [1.807, 2.05) is 29.3 Å². The van der Waals surface area contributed by atoms with E-state index in [0.29, 0.717) is 14.5 Å². The quantitative estimate of drug-likeness (QED) is 0.744. The van der Waals surface area contributed by atoms with Crippen molar-refractivity contribution >= 4 is 14.5 Å². The van der Waals surface area contributed by atoms with Crippen LogP contribution in [0.1, 0.15) is 0 Å². The molecule has 1 heterocycles. The van der Waals surface area contributed by atoms with Crippen LogP contribution in [0.15, 0.2) is 34.3 Å². The molecule has 0 fully saturated rings. The molecule has 0 saturated heterocycles. The Bertz CT molecular complexity index is 366. The van der Waals surface area contributed by atoms with E-state index in [9.17, 15) is 0 Å². The molecule has 1 aromatic heterocycles. The Kier molecular flexibility index (Phi) is 2.48. The molecule has 2 rings (SSSR count). The Morgan fingerprint density at radius 3 is 2.54 bits per heavy atom. The van der Waals surface area contributed by atoms with Gasteiger partial charge in [0.15, 0.2) is 0 Å². The summed E-state index contributed by atoms with van der Waals surface area (Å²) in [4.78, 5) is 6.46. The van der Waals surface area contributed by atoms with E-state index in [0.717, 1.165) is 17.0 Å². The first kappa shape index (κ1) is 8.54. The van der Waals surface area contributed by atoms with Gasteiger partial charge in [-0.1, -0.05) is 0 Å². The zero-order valence-electron chi connectivity index (χ0n) is 7.23. The number of benzene rings is 1. The molecule has 0 amide bonds. The van der Waals surface area contributed by atoms with E-state index in [-0.39, 0.29) is 0 Å². The summed E-state index contributed by atoms with van der Waals surface area (Å²) in [6.45, 7) is 0. The van der Waals surface area contributed by atoms with Crippen molar-refractivity contribution in [2.24, 2.45) is 0 Å². The zero-order valence-corrected chi connectivity index (χ0v) is 8.94. The van der Waals surface area contributed by atoms with Crippen molar-refractivity contribution in [2.75, 3.05) is 7.11 Å². The summed E-state index contributed by atoms with van der Waals surface area (Å²) in [6, 6.07) is 7.97. The predicted molar refractivity (Wildman–Crippen MR) is 53.2 cm³/mol. The summed E-state index contributed by atoms with van der Waals surface area (Å²) in [7, 11) is 1.67. The van der Waals surface area contributed by atoms with Gasteiger partial charge in [0.2, 0.25) is 0 Å². The molecule has 0 saturated carbocycles. The van der Waals surface area contributed by atoms with E-state index in [4.69, 9.17) is 4.74 Å². The number of nitrogens with zero attached hydrogens (tertiary/aromatic N) is 1. The molecule has 0 aliphatic carbocycles. The maximum atomic E-state index is 5.08. The van der Waals surface area contributed by atoms with Crippen LogP contribution in [0.2, 0.25) is 0 Å². The summed E-state index contributed by atoms with van der Waals surface area (Å²) < 4.78 is 5.08. The van der Waals surface area contributed by atoms with E-state index in [1.165, 1.54) is 0 Å². The number of hydrogen-bond donors (Lipinski definition) is 0. The van der Waals surface area contributed by atoms with Crippen molar-refractivity contribution in [1.82, 2.24) is 4.98 Å². The molecule has 2 aromatic rings. The average molecular weight is 238 g/mol. The Balaban J connectivity index is 2.33. The van der Waals surface area contributed by atoms with Crippen LogP contribution >= 0.6 is 0 Å². The van der Waals surface area contributed by atoms with Gasteiger partial charge < -0.3 is 0 Å². The van der Waals surface area contributed by atoms with E-state index >= 15 is 0 Å². The van der Waals surface area contributed by atoms with Crippen LogP contribution in [-0.2, 0) is 0 Å². The number of ether oxygens (including phenoxy) is 1. The molecule has 2 nitrogen and oxygen atoms in total. The van der Waals surface area contributed by atoms with Gasteiger partial charge in [0.25, 0.3) is 0 Å². The average Bonchev–Trinajstić information content (AvgIpc) is 2.71. The summed E-state index contributed by atoms with van der Waals surface area (Å²) in [5.41, 5.74) is 2.25. The molecule has 13 heavy (non-hydrogen) atoms. The molecule has 0 N–H and O–H groups in total. The molecular weight excluding hydrogens is 229 g/mol. The van der Waals surface area contributed by atoms with E-state index in [2.05, 4.69) is 9.92 Å². The van der Waals surface area contributed by atoms with Crippen LogP contribution in [0.25, 0.3) is 11.3 Å². The molecule has 0 spiro atoms. The Labute approximate surface area is 82.9 Å². The van der Waals surface area contributed by atoms with Crippen molar-refractivity contribution in [2.45, 2.75) is 0 Å². The second-order valence-corrected chi connectivity index (χ2v) is 4.11. The van der Waals surface area contributed by atoms with Crippen LogP contribution in [0.5, 0.6) is 5.75 Å². The predicted octanol–water partition coefficient (Wildman–Crippen LogP) is 1.81. The first-order chi connectivity index (χ1) is 6.40. The van der Waals surface area contributed by atoms with Gasteiger partial charge in [-0.15, -0.1) is 0 Å². The fraction of sp³-hybridized carbons (Fsp3) is 0.100. The second-order valence-electron chi connectivity index (χ2n) is 2.60. The molecule has 0 atom stereocenters. The molecular formula is C10H9NOSe. The van der Waals surface area contributed by atoms with Gasteiger partial charge in [-0.3, -0.25) is 0 Å². The third kappa shape index (κ3) is 1.82. The second kappa shape index (κ2) is 3.77. The third-order valence-corrected chi connectivity index (χ3v) is 3.05. The number of hydrogen-bond acceptors (Lipinski definition) is 2. The van der Waals surface area contributed by atoms with Gasteiger partial charge in [0, 0.05) is 0 Å². The van der Waals surface area contributed by atoms with Gasteiger partial charge in [-0.2, -0.15) is 0 Å². The molecule has 0 radical (unpaired) electrons. The van der Waals surface area contributed by atoms with Crippen LogP contribution < -0.4 is 4.74 Å². The normalized spacial score (nSPS) is 9.92. The van der Waals surface area contributed by atoms with Crippen molar-refractivity contribution in [1.29, 1.82) is 0 Å². The maximum absolute atomic E-state index is 5.08. The molecule has 3 heteroatoms. The first-order valence-electron chi connectivity index (χ1n) is 3.93. The molecule has 1 aromatic carbocycles. The summed E-state index contributed by atoms with van der Waals surface area (Å²) in [5, 5.41) is 1.98.